The molecule has 2 aliphatic rings. The van der Waals surface area contributed by atoms with Crippen LogP contribution in [0.15, 0.2) is 18.2 Å². The normalized spacial score (nSPS) is 24.9. The minimum Gasteiger partial charge on any atom is -0.506 e. The highest BCUT2D eigenvalue weighted by atomic mass is 16.5. The van der Waals surface area contributed by atoms with Gasteiger partial charge in [-0.1, -0.05) is 25.5 Å². The fourth-order valence-corrected chi connectivity index (χ4v) is 4.78. The number of carbonyl (C=O) groups is 1. The second-order valence-electron chi connectivity index (χ2n) is 8.64. The molecule has 0 saturated carbocycles. The average Bonchev–Trinajstić information content (AvgIpc) is 3.08. The fourth-order valence-electron chi connectivity index (χ4n) is 4.78. The van der Waals surface area contributed by atoms with E-state index in [0.717, 1.165) is 32.6 Å². The van der Waals surface area contributed by atoms with Crippen LogP contribution in [0.3, 0.4) is 0 Å². The van der Waals surface area contributed by atoms with Crippen molar-refractivity contribution in [1.29, 1.82) is 0 Å². The van der Waals surface area contributed by atoms with Crippen LogP contribution in [0.5, 0.6) is 5.75 Å². The highest BCUT2D eigenvalue weighted by Crippen LogP contribution is 2.31. The number of nitrogens with one attached hydrogen (secondary N) is 1. The fraction of sp³-hybridized carbons (Fsp3) is 0.636. The van der Waals surface area contributed by atoms with Gasteiger partial charge in [0.05, 0.1) is 13.2 Å². The molecule has 7 heteroatoms. The molecule has 2 aromatic rings. The predicted molar refractivity (Wildman–Crippen MR) is 112 cm³/mol. The first kappa shape index (κ1) is 20.2. The van der Waals surface area contributed by atoms with Crippen molar-refractivity contribution in [3.63, 3.8) is 0 Å². The van der Waals surface area contributed by atoms with E-state index in [1.165, 1.54) is 12.8 Å². The molecule has 1 amide bonds. The number of phenolic OH excluding ortho intramolecular Hbond substituents is 1. The Morgan fingerprint density at radius 1 is 1.31 bits per heavy atom. The molecule has 1 aromatic heterocycles. The van der Waals surface area contributed by atoms with Crippen molar-refractivity contribution in [3.05, 3.63) is 23.9 Å². The van der Waals surface area contributed by atoms with E-state index in [2.05, 4.69) is 22.2 Å². The zero-order chi connectivity index (χ0) is 20.5. The molecule has 0 spiro atoms. The molecular weight excluding hydrogens is 368 g/mol. The second kappa shape index (κ2) is 8.32. The van der Waals surface area contributed by atoms with Gasteiger partial charge in [-0.05, 0) is 45.7 Å². The summed E-state index contributed by atoms with van der Waals surface area (Å²) in [5.41, 5.74) is 1.01. The molecule has 4 rings (SSSR count). The van der Waals surface area contributed by atoms with E-state index in [1.807, 2.05) is 19.9 Å². The van der Waals surface area contributed by atoms with E-state index in [1.54, 1.807) is 16.8 Å². The highest BCUT2D eigenvalue weighted by Gasteiger charge is 2.39. The number of benzene rings is 1. The van der Waals surface area contributed by atoms with Gasteiger partial charge in [0.15, 0.2) is 5.69 Å². The molecule has 2 bridgehead atoms. The molecule has 2 N–H and O–H groups in total. The van der Waals surface area contributed by atoms with Crippen LogP contribution in [0, 0.1) is 0 Å². The number of aromatic hydroxyl groups is 1. The van der Waals surface area contributed by atoms with E-state index in [4.69, 9.17) is 4.74 Å². The number of unbranched alkanes of at least 4 members (excludes halogenated alkanes) is 1. The van der Waals surface area contributed by atoms with Gasteiger partial charge in [0.1, 0.15) is 11.3 Å². The lowest BCUT2D eigenvalue weighted by Crippen LogP contribution is -2.60. The van der Waals surface area contributed by atoms with Gasteiger partial charge in [-0.3, -0.25) is 14.4 Å². The van der Waals surface area contributed by atoms with Gasteiger partial charge in [-0.15, -0.1) is 0 Å². The summed E-state index contributed by atoms with van der Waals surface area (Å²) in [5.74, 6) is -0.00957. The molecule has 3 atom stereocenters. The molecule has 7 nitrogen and oxygen atoms in total. The number of hydrogen-bond donors (Lipinski definition) is 2. The molecule has 158 valence electrons. The van der Waals surface area contributed by atoms with Crippen molar-refractivity contribution < 1.29 is 14.6 Å². The van der Waals surface area contributed by atoms with Crippen molar-refractivity contribution in [2.24, 2.45) is 0 Å². The Kier molecular flexibility index (Phi) is 5.79. The third kappa shape index (κ3) is 3.85. The summed E-state index contributed by atoms with van der Waals surface area (Å²) in [5, 5.41) is 18.8. The van der Waals surface area contributed by atoms with Crippen molar-refractivity contribution in [1.82, 2.24) is 20.0 Å². The number of ether oxygens (including phenoxy) is 1. The van der Waals surface area contributed by atoms with Crippen molar-refractivity contribution in [2.75, 3.05) is 19.8 Å². The topological polar surface area (TPSA) is 79.6 Å². The maximum atomic E-state index is 13.1. The second-order valence-corrected chi connectivity index (χ2v) is 8.64. The Hall–Kier alpha value is -2.12. The van der Waals surface area contributed by atoms with Crippen LogP contribution in [0.25, 0.3) is 10.9 Å². The number of hydrogen-bond acceptors (Lipinski definition) is 5. The van der Waals surface area contributed by atoms with E-state index >= 15 is 0 Å². The number of nitrogens with zero attached hydrogens (tertiary/aromatic N) is 3. The lowest BCUT2D eigenvalue weighted by molar-refractivity contribution is -0.0802. The Balaban J connectivity index is 1.53. The van der Waals surface area contributed by atoms with Crippen LogP contribution in [-0.2, 0) is 4.74 Å². The average molecular weight is 401 g/mol. The molecule has 0 unspecified atom stereocenters. The van der Waals surface area contributed by atoms with Gasteiger partial charge in [0.25, 0.3) is 5.91 Å². The Morgan fingerprint density at radius 3 is 2.69 bits per heavy atom. The molecule has 2 saturated heterocycles. The molecular formula is C22H32N4O3. The summed E-state index contributed by atoms with van der Waals surface area (Å²) >= 11 is 0. The monoisotopic (exact) mass is 400 g/mol. The molecule has 2 fully saturated rings. The number of fused-ring (bicyclic) bond motifs is 3. The summed E-state index contributed by atoms with van der Waals surface area (Å²) < 4.78 is 7.52. The number of para-hydroxylation sites is 1. The zero-order valence-corrected chi connectivity index (χ0v) is 17.6. The first-order valence-corrected chi connectivity index (χ1v) is 10.8. The van der Waals surface area contributed by atoms with E-state index < -0.39 is 0 Å². The van der Waals surface area contributed by atoms with Gasteiger partial charge in [0.2, 0.25) is 0 Å². The molecule has 1 aromatic carbocycles. The molecule has 0 aliphatic carbocycles. The summed E-state index contributed by atoms with van der Waals surface area (Å²) in [6.07, 6.45) is 4.20. The van der Waals surface area contributed by atoms with Crippen LogP contribution in [-0.4, -0.2) is 63.6 Å². The number of rotatable bonds is 6. The van der Waals surface area contributed by atoms with Gasteiger partial charge in [-0.2, -0.15) is 5.10 Å². The third-order valence-electron chi connectivity index (χ3n) is 6.19. The molecule has 0 radical (unpaired) electrons. The largest absolute Gasteiger partial charge is 0.506 e. The summed E-state index contributed by atoms with van der Waals surface area (Å²) in [6, 6.07) is 6.15. The van der Waals surface area contributed by atoms with Crippen LogP contribution in [0.1, 0.15) is 63.0 Å². The van der Waals surface area contributed by atoms with E-state index in [-0.39, 0.29) is 23.7 Å². The maximum absolute atomic E-state index is 13.1. The van der Waals surface area contributed by atoms with Gasteiger partial charge >= 0.3 is 0 Å². The van der Waals surface area contributed by atoms with Crippen LogP contribution >= 0.6 is 0 Å². The number of amides is 1. The molecule has 3 heterocycles. The van der Waals surface area contributed by atoms with Crippen molar-refractivity contribution >= 4 is 16.8 Å². The van der Waals surface area contributed by atoms with Crippen molar-refractivity contribution in [3.8, 4) is 5.75 Å². The SMILES string of the molecule is CCCCN1[C@@H]2COC[C@H]1C[C@@H](NC(=O)c1nn(C(C)C)c3c(O)cccc13)C2. The number of aromatic nitrogens is 2. The zero-order valence-electron chi connectivity index (χ0n) is 17.6. The molecule has 29 heavy (non-hydrogen) atoms. The minimum absolute atomic E-state index is 0.0469. The van der Waals surface area contributed by atoms with Crippen LogP contribution in [0.2, 0.25) is 0 Å². The lowest BCUT2D eigenvalue weighted by Gasteiger charge is -2.48. The summed E-state index contributed by atoms with van der Waals surface area (Å²) in [7, 11) is 0. The Labute approximate surface area is 172 Å². The quantitative estimate of drug-likeness (QED) is 0.779. The smallest absolute Gasteiger partial charge is 0.272 e. The number of piperidine rings is 1. The molecule has 2 aliphatic heterocycles. The van der Waals surface area contributed by atoms with Crippen molar-refractivity contribution in [2.45, 2.75) is 70.6 Å². The summed E-state index contributed by atoms with van der Waals surface area (Å²) in [4.78, 5) is 15.7. The minimum atomic E-state index is -0.161. The third-order valence-corrected chi connectivity index (χ3v) is 6.19. The first-order chi connectivity index (χ1) is 14.0. The summed E-state index contributed by atoms with van der Waals surface area (Å²) in [6.45, 7) is 8.80. The van der Waals surface area contributed by atoms with E-state index in [9.17, 15) is 9.90 Å². The standard InChI is InChI=1S/C22H32N4O3/c1-4-5-9-25-16-10-15(11-17(25)13-29-12-16)23-22(28)20-18-7-6-8-19(27)21(18)26(24-20)14(2)3/h6-8,14-17,27H,4-5,9-13H2,1-3H3,(H,23,28)/t15-,16-,17+. The Morgan fingerprint density at radius 2 is 2.03 bits per heavy atom. The number of carbonyl (C=O) groups excluding carboxylic acids is 1. The van der Waals surface area contributed by atoms with E-state index in [0.29, 0.717) is 28.7 Å². The first-order valence-electron chi connectivity index (χ1n) is 10.8. The van der Waals surface area contributed by atoms with Crippen LogP contribution in [0.4, 0.5) is 0 Å². The predicted octanol–water partition coefficient (Wildman–Crippen LogP) is 3.08. The van der Waals surface area contributed by atoms with Gasteiger partial charge in [0, 0.05) is 29.6 Å². The number of phenols is 1. The highest BCUT2D eigenvalue weighted by molar-refractivity contribution is 6.06. The lowest BCUT2D eigenvalue weighted by atomic mass is 9.89. The number of morpholine rings is 1. The van der Waals surface area contributed by atoms with Gasteiger partial charge < -0.3 is 15.2 Å². The van der Waals surface area contributed by atoms with Crippen LogP contribution < -0.4 is 5.32 Å². The Bertz CT molecular complexity index is 864. The maximum Gasteiger partial charge on any atom is 0.272 e. The van der Waals surface area contributed by atoms with Gasteiger partial charge in [-0.25, -0.2) is 0 Å².